The maximum Gasteiger partial charge on any atom is 0.0412 e. The number of fused-ring (bicyclic) bond motifs is 10. The Kier molecular flexibility index (Phi) is 3.10. The molecular weight excluding hydrogens is 360 g/mol. The van der Waals surface area contributed by atoms with Gasteiger partial charge in [0.2, 0.25) is 0 Å². The van der Waals surface area contributed by atoms with Gasteiger partial charge in [0.25, 0.3) is 0 Å². The SMILES string of the molecule is CC1(C)c2ccc(Cl)cc2-c2ccc3c4ccccc4c4ccccc4c3c21. The molecule has 1 aliphatic rings. The molecule has 1 aliphatic carbocycles. The van der Waals surface area contributed by atoms with E-state index in [1.54, 1.807) is 0 Å². The van der Waals surface area contributed by atoms with Gasteiger partial charge >= 0.3 is 0 Å². The van der Waals surface area contributed by atoms with Gasteiger partial charge in [0.05, 0.1) is 0 Å². The van der Waals surface area contributed by atoms with E-state index >= 15 is 0 Å². The first-order valence-corrected chi connectivity index (χ1v) is 10.1. The number of hydrogen-bond donors (Lipinski definition) is 0. The standard InChI is InChI=1S/C27H19Cl/c1-27(2)24-14-11-16(28)15-23(24)22-13-12-21-19-9-4-3-7-17(19)18-8-5-6-10-20(18)25(21)26(22)27/h3-15H,1-2H3. The molecule has 134 valence electrons. The van der Waals surface area contributed by atoms with E-state index in [9.17, 15) is 0 Å². The van der Waals surface area contributed by atoms with Crippen LogP contribution in [0.1, 0.15) is 25.0 Å². The van der Waals surface area contributed by atoms with Crippen molar-refractivity contribution in [2.24, 2.45) is 0 Å². The second-order valence-electron chi connectivity index (χ2n) is 8.32. The summed E-state index contributed by atoms with van der Waals surface area (Å²) in [6, 6.07) is 28.5. The second kappa shape index (κ2) is 5.37. The highest BCUT2D eigenvalue weighted by atomic mass is 35.5. The molecule has 0 saturated carbocycles. The predicted molar refractivity (Wildman–Crippen MR) is 122 cm³/mol. The minimum absolute atomic E-state index is 0.0695. The average Bonchev–Trinajstić information content (AvgIpc) is 2.94. The van der Waals surface area contributed by atoms with Gasteiger partial charge in [0.1, 0.15) is 0 Å². The molecule has 0 atom stereocenters. The maximum absolute atomic E-state index is 6.37. The van der Waals surface area contributed by atoms with Gasteiger partial charge in [-0.3, -0.25) is 0 Å². The molecule has 28 heavy (non-hydrogen) atoms. The normalized spacial score (nSPS) is 14.5. The Morgan fingerprint density at radius 3 is 1.86 bits per heavy atom. The van der Waals surface area contributed by atoms with Crippen LogP contribution >= 0.6 is 11.6 Å². The summed E-state index contributed by atoms with van der Waals surface area (Å²) in [7, 11) is 0. The van der Waals surface area contributed by atoms with E-state index in [2.05, 4.69) is 86.6 Å². The van der Waals surface area contributed by atoms with Crippen molar-refractivity contribution in [2.45, 2.75) is 19.3 Å². The topological polar surface area (TPSA) is 0 Å². The van der Waals surface area contributed by atoms with Crippen LogP contribution in [0.5, 0.6) is 0 Å². The van der Waals surface area contributed by atoms with Crippen LogP contribution in [0.2, 0.25) is 5.02 Å². The molecule has 0 aliphatic heterocycles. The molecule has 1 heteroatoms. The van der Waals surface area contributed by atoms with Crippen molar-refractivity contribution in [2.75, 3.05) is 0 Å². The van der Waals surface area contributed by atoms with Crippen molar-refractivity contribution in [3.05, 3.63) is 95.0 Å². The lowest BCUT2D eigenvalue weighted by Crippen LogP contribution is -2.15. The Labute approximate surface area is 169 Å². The Morgan fingerprint density at radius 2 is 1.18 bits per heavy atom. The smallest absolute Gasteiger partial charge is 0.0412 e. The fourth-order valence-corrected chi connectivity index (χ4v) is 5.46. The number of halogens is 1. The first-order valence-electron chi connectivity index (χ1n) is 9.74. The van der Waals surface area contributed by atoms with Crippen molar-refractivity contribution >= 4 is 43.9 Å². The van der Waals surface area contributed by atoms with Gasteiger partial charge in [-0.1, -0.05) is 92.2 Å². The van der Waals surface area contributed by atoms with Crippen LogP contribution in [0.25, 0.3) is 43.4 Å². The first-order chi connectivity index (χ1) is 13.6. The summed E-state index contributed by atoms with van der Waals surface area (Å²) < 4.78 is 0. The predicted octanol–water partition coefficient (Wildman–Crippen LogP) is 8.11. The van der Waals surface area contributed by atoms with E-state index in [-0.39, 0.29) is 5.41 Å². The maximum atomic E-state index is 6.37. The van der Waals surface area contributed by atoms with E-state index in [1.165, 1.54) is 54.6 Å². The summed E-state index contributed by atoms with van der Waals surface area (Å²) in [5, 5.41) is 8.81. The van der Waals surface area contributed by atoms with Crippen LogP contribution in [0.15, 0.2) is 78.9 Å². The monoisotopic (exact) mass is 378 g/mol. The number of hydrogen-bond acceptors (Lipinski definition) is 0. The van der Waals surface area contributed by atoms with Crippen molar-refractivity contribution in [1.82, 2.24) is 0 Å². The molecule has 0 unspecified atom stereocenters. The van der Waals surface area contributed by atoms with Crippen LogP contribution in [0.3, 0.4) is 0 Å². The number of rotatable bonds is 0. The van der Waals surface area contributed by atoms with Gasteiger partial charge < -0.3 is 0 Å². The zero-order valence-electron chi connectivity index (χ0n) is 15.9. The fraction of sp³-hybridized carbons (Fsp3) is 0.111. The summed E-state index contributed by atoms with van der Waals surface area (Å²) in [5.74, 6) is 0. The molecule has 5 aromatic carbocycles. The lowest BCUT2D eigenvalue weighted by Gasteiger charge is -2.24. The summed E-state index contributed by atoms with van der Waals surface area (Å²) in [6.45, 7) is 4.68. The van der Waals surface area contributed by atoms with E-state index in [4.69, 9.17) is 11.6 Å². The molecule has 0 fully saturated rings. The molecule has 0 nitrogen and oxygen atoms in total. The minimum atomic E-state index is -0.0695. The summed E-state index contributed by atoms with van der Waals surface area (Å²) >= 11 is 6.37. The van der Waals surface area contributed by atoms with Crippen LogP contribution in [-0.2, 0) is 5.41 Å². The van der Waals surface area contributed by atoms with Crippen molar-refractivity contribution in [3.8, 4) is 11.1 Å². The zero-order chi connectivity index (χ0) is 19.0. The lowest BCUT2D eigenvalue weighted by atomic mass is 9.78. The minimum Gasteiger partial charge on any atom is -0.0843 e. The largest absolute Gasteiger partial charge is 0.0843 e. The van der Waals surface area contributed by atoms with E-state index < -0.39 is 0 Å². The molecule has 0 aromatic heterocycles. The van der Waals surface area contributed by atoms with Gasteiger partial charge in [-0.25, -0.2) is 0 Å². The van der Waals surface area contributed by atoms with Crippen LogP contribution in [-0.4, -0.2) is 0 Å². The highest BCUT2D eigenvalue weighted by Crippen LogP contribution is 2.53. The van der Waals surface area contributed by atoms with Crippen molar-refractivity contribution < 1.29 is 0 Å². The van der Waals surface area contributed by atoms with Crippen molar-refractivity contribution in [3.63, 3.8) is 0 Å². The lowest BCUT2D eigenvalue weighted by molar-refractivity contribution is 0.666. The van der Waals surface area contributed by atoms with E-state index in [0.29, 0.717) is 0 Å². The van der Waals surface area contributed by atoms with Crippen LogP contribution in [0.4, 0.5) is 0 Å². The van der Waals surface area contributed by atoms with Gasteiger partial charge in [-0.05, 0) is 66.7 Å². The number of benzene rings is 5. The summed E-state index contributed by atoms with van der Waals surface area (Å²) in [6.07, 6.45) is 0. The molecule has 0 heterocycles. The molecule has 0 spiro atoms. The second-order valence-corrected chi connectivity index (χ2v) is 8.75. The third kappa shape index (κ3) is 1.91. The Hall–Kier alpha value is -2.83. The Balaban J connectivity index is 1.91. The van der Waals surface area contributed by atoms with Gasteiger partial charge in [0, 0.05) is 10.4 Å². The molecule has 6 rings (SSSR count). The van der Waals surface area contributed by atoms with E-state index in [1.807, 2.05) is 6.07 Å². The van der Waals surface area contributed by atoms with Crippen LogP contribution < -0.4 is 0 Å². The fourth-order valence-electron chi connectivity index (χ4n) is 5.29. The molecule has 0 saturated heterocycles. The zero-order valence-corrected chi connectivity index (χ0v) is 16.6. The van der Waals surface area contributed by atoms with Crippen LogP contribution in [0, 0.1) is 0 Å². The third-order valence-corrected chi connectivity index (χ3v) is 6.71. The Bertz CT molecular complexity index is 1400. The van der Waals surface area contributed by atoms with Gasteiger partial charge in [-0.15, -0.1) is 0 Å². The highest BCUT2D eigenvalue weighted by molar-refractivity contribution is 6.31. The molecule has 0 N–H and O–H groups in total. The molecule has 0 bridgehead atoms. The van der Waals surface area contributed by atoms with Crippen molar-refractivity contribution in [1.29, 1.82) is 0 Å². The molecule has 5 aromatic rings. The summed E-state index contributed by atoms with van der Waals surface area (Å²) in [4.78, 5) is 0. The Morgan fingerprint density at radius 1 is 0.607 bits per heavy atom. The molecule has 0 radical (unpaired) electrons. The molecular formula is C27H19Cl. The molecule has 0 amide bonds. The summed E-state index contributed by atoms with van der Waals surface area (Å²) in [5.41, 5.74) is 5.29. The highest BCUT2D eigenvalue weighted by Gasteiger charge is 2.37. The van der Waals surface area contributed by atoms with E-state index in [0.717, 1.165) is 5.02 Å². The van der Waals surface area contributed by atoms with Gasteiger partial charge in [0.15, 0.2) is 0 Å². The third-order valence-electron chi connectivity index (χ3n) is 6.48. The quantitative estimate of drug-likeness (QED) is 0.239. The van der Waals surface area contributed by atoms with Gasteiger partial charge in [-0.2, -0.15) is 0 Å². The average molecular weight is 379 g/mol. The first kappa shape index (κ1) is 16.2.